The van der Waals surface area contributed by atoms with Crippen molar-refractivity contribution in [3.8, 4) is 0 Å². The zero-order chi connectivity index (χ0) is 7.66. The van der Waals surface area contributed by atoms with Crippen molar-refractivity contribution >= 4 is 17.7 Å². The van der Waals surface area contributed by atoms with Gasteiger partial charge in [-0.05, 0) is 6.42 Å². The van der Waals surface area contributed by atoms with E-state index in [1.807, 2.05) is 0 Å². The topological polar surface area (TPSA) is 9.23 Å². The molecule has 2 heteroatoms. The molecule has 0 aromatic carbocycles. The van der Waals surface area contributed by atoms with E-state index in [1.54, 1.807) is 7.11 Å². The van der Waals surface area contributed by atoms with E-state index in [4.69, 9.17) is 4.74 Å². The van der Waals surface area contributed by atoms with Crippen LogP contribution in [-0.2, 0) is 4.74 Å². The van der Waals surface area contributed by atoms with Gasteiger partial charge in [0.05, 0.1) is 0 Å². The Balaban J connectivity index is 0.000000162. The van der Waals surface area contributed by atoms with Gasteiger partial charge >= 0.3 is 41.3 Å². The second-order valence-electron chi connectivity index (χ2n) is 2.08. The van der Waals surface area contributed by atoms with E-state index in [0.717, 1.165) is 18.1 Å². The third-order valence-electron chi connectivity index (χ3n) is 1.06. The molecule has 1 aliphatic rings. The van der Waals surface area contributed by atoms with Crippen LogP contribution in [-0.4, -0.2) is 31.4 Å². The van der Waals surface area contributed by atoms with Crippen LogP contribution in [0.3, 0.4) is 0 Å². The van der Waals surface area contributed by atoms with E-state index < -0.39 is 0 Å². The minimum atomic E-state index is 0.889. The summed E-state index contributed by atoms with van der Waals surface area (Å²) in [6, 6.07) is 0. The number of ether oxygens (including phenoxy) is 1. The molecule has 0 aliphatic heterocycles. The molecule has 0 N–H and O–H groups in total. The average Bonchev–Trinajstić information content (AvgIpc) is 2.44. The fourth-order valence-electron chi connectivity index (χ4n) is 0.597. The Morgan fingerprint density at radius 1 is 1.40 bits per heavy atom. The summed E-state index contributed by atoms with van der Waals surface area (Å²) in [5, 5.41) is 1.12. The zero-order valence-electron chi connectivity index (χ0n) is 6.84. The third kappa shape index (κ3) is 8.04. The van der Waals surface area contributed by atoms with Gasteiger partial charge in [-0.25, -0.2) is 0 Å². The molecular formula is C8H13LiO. The Morgan fingerprint density at radius 2 is 2.00 bits per heavy atom. The van der Waals surface area contributed by atoms with Gasteiger partial charge in [-0.2, -0.15) is 0 Å². The number of methoxy groups -OCH3 is 1. The molecule has 1 rings (SSSR count). The minimum absolute atomic E-state index is 0.889. The summed E-state index contributed by atoms with van der Waals surface area (Å²) in [5.41, 5.74) is 0. The molecular weight excluding hydrogens is 119 g/mol. The summed E-state index contributed by atoms with van der Waals surface area (Å²) < 4.78 is 4.69. The van der Waals surface area contributed by atoms with E-state index in [0.29, 0.717) is 0 Å². The molecule has 1 aliphatic carbocycles. The quantitative estimate of drug-likeness (QED) is 0.520. The molecule has 1 nitrogen and oxygen atoms in total. The second-order valence-corrected chi connectivity index (χ2v) is 2.08. The van der Waals surface area contributed by atoms with E-state index in [2.05, 4.69) is 42.0 Å². The van der Waals surface area contributed by atoms with Crippen LogP contribution in [0.5, 0.6) is 0 Å². The third-order valence-corrected chi connectivity index (χ3v) is 1.06. The number of rotatable bonds is 2. The van der Waals surface area contributed by atoms with E-state index in [-0.39, 0.29) is 0 Å². The Hall–Kier alpha value is 0.0374. The van der Waals surface area contributed by atoms with E-state index in [1.165, 1.54) is 0 Å². The van der Waals surface area contributed by atoms with Crippen LogP contribution in [0.15, 0.2) is 24.3 Å². The maximum atomic E-state index is 4.69. The predicted octanol–water partition coefficient (Wildman–Crippen LogP) is 1.72. The second kappa shape index (κ2) is 9.04. The van der Waals surface area contributed by atoms with Gasteiger partial charge in [-0.15, -0.1) is 0 Å². The first-order valence-electron chi connectivity index (χ1n) is 3.72. The summed E-state index contributed by atoms with van der Waals surface area (Å²) in [6.45, 7) is 0.889. The van der Waals surface area contributed by atoms with Crippen LogP contribution < -0.4 is 0 Å². The molecule has 0 amide bonds. The van der Waals surface area contributed by atoms with Crippen molar-refractivity contribution in [3.05, 3.63) is 24.3 Å². The molecule has 0 saturated heterocycles. The van der Waals surface area contributed by atoms with Crippen molar-refractivity contribution < 1.29 is 4.74 Å². The van der Waals surface area contributed by atoms with Gasteiger partial charge in [-0.3, -0.25) is 0 Å². The summed E-state index contributed by atoms with van der Waals surface area (Å²) in [7, 11) is 1.71. The van der Waals surface area contributed by atoms with Gasteiger partial charge in [0.1, 0.15) is 0 Å². The van der Waals surface area contributed by atoms with Gasteiger partial charge in [0.2, 0.25) is 0 Å². The normalized spacial score (nSPS) is 13.1. The van der Waals surface area contributed by atoms with Crippen LogP contribution in [0.25, 0.3) is 0 Å². The molecule has 0 aromatic rings. The number of allylic oxidation sites excluding steroid dienone is 4. The summed E-state index contributed by atoms with van der Waals surface area (Å²) >= 11 is 2.09. The molecule has 0 fully saturated rings. The Labute approximate surface area is 72.4 Å². The van der Waals surface area contributed by atoms with E-state index >= 15 is 0 Å². The van der Waals surface area contributed by atoms with Crippen LogP contribution in [0.2, 0.25) is 5.09 Å². The predicted molar refractivity (Wildman–Crippen MR) is 45.3 cm³/mol. The Kier molecular flexibility index (Phi) is 9.07. The molecule has 0 saturated carbocycles. The van der Waals surface area contributed by atoms with Crippen molar-refractivity contribution in [2.24, 2.45) is 0 Å². The molecule has 0 radical (unpaired) electrons. The SMILES string of the molecule is C1=CCC=C1.[Li][CH2]COC. The van der Waals surface area contributed by atoms with Gasteiger partial charge < -0.3 is 0 Å². The Morgan fingerprint density at radius 3 is 2.10 bits per heavy atom. The monoisotopic (exact) mass is 132 g/mol. The molecule has 0 aromatic heterocycles. The standard InChI is InChI=1S/C5H6.C3H7O.Li/c1-2-4-5-3-1;1-3-4-2;/h1-4H,5H2;1,3H2,2H3;. The van der Waals surface area contributed by atoms with Gasteiger partial charge in [0, 0.05) is 0 Å². The first kappa shape index (κ1) is 10.0. The molecule has 0 unspecified atom stereocenters. The van der Waals surface area contributed by atoms with Gasteiger partial charge in [-0.1, -0.05) is 24.3 Å². The van der Waals surface area contributed by atoms with Crippen molar-refractivity contribution in [2.45, 2.75) is 11.5 Å². The molecule has 0 bridgehead atoms. The molecule has 10 heavy (non-hydrogen) atoms. The van der Waals surface area contributed by atoms with Crippen molar-refractivity contribution in [1.29, 1.82) is 0 Å². The zero-order valence-corrected chi connectivity index (χ0v) is 6.84. The molecule has 0 heterocycles. The maximum absolute atomic E-state index is 4.69. The van der Waals surface area contributed by atoms with Crippen molar-refractivity contribution in [2.75, 3.05) is 13.7 Å². The van der Waals surface area contributed by atoms with Crippen LogP contribution in [0.1, 0.15) is 6.42 Å². The number of hydrogen-bond acceptors (Lipinski definition) is 1. The summed E-state index contributed by atoms with van der Waals surface area (Å²) in [6.07, 6.45) is 9.50. The van der Waals surface area contributed by atoms with E-state index in [9.17, 15) is 0 Å². The van der Waals surface area contributed by atoms with Crippen LogP contribution in [0.4, 0.5) is 0 Å². The van der Waals surface area contributed by atoms with Gasteiger partial charge in [0.25, 0.3) is 0 Å². The van der Waals surface area contributed by atoms with Crippen molar-refractivity contribution in [1.82, 2.24) is 0 Å². The number of hydrogen-bond donors (Lipinski definition) is 0. The fourth-order valence-corrected chi connectivity index (χ4v) is 0.597. The average molecular weight is 132 g/mol. The van der Waals surface area contributed by atoms with Crippen LogP contribution in [0, 0.1) is 0 Å². The van der Waals surface area contributed by atoms with Gasteiger partial charge in [0.15, 0.2) is 0 Å². The fraction of sp³-hybridized carbons (Fsp3) is 0.500. The first-order chi connectivity index (χ1) is 4.91. The van der Waals surface area contributed by atoms with Crippen molar-refractivity contribution in [3.63, 3.8) is 0 Å². The first-order valence-corrected chi connectivity index (χ1v) is 3.72. The molecule has 0 atom stereocenters. The molecule has 0 spiro atoms. The Bertz CT molecular complexity index is 95.8. The summed E-state index contributed by atoms with van der Waals surface area (Å²) in [4.78, 5) is 0. The molecule has 52 valence electrons. The summed E-state index contributed by atoms with van der Waals surface area (Å²) in [5.74, 6) is 0. The van der Waals surface area contributed by atoms with Crippen LogP contribution >= 0.6 is 0 Å².